The van der Waals surface area contributed by atoms with E-state index in [0.717, 1.165) is 11.3 Å². The molecule has 4 aromatic rings. The molecular formula is C24H22ClF3N8O2S. The van der Waals surface area contributed by atoms with E-state index in [0.29, 0.717) is 52.0 Å². The summed E-state index contributed by atoms with van der Waals surface area (Å²) in [6.45, 7) is 2.20. The number of fused-ring (bicyclic) bond motifs is 1. The molecule has 10 nitrogen and oxygen atoms in total. The monoisotopic (exact) mass is 578 g/mol. The van der Waals surface area contributed by atoms with Gasteiger partial charge in [-0.15, -0.1) is 0 Å². The Morgan fingerprint density at radius 2 is 1.85 bits per heavy atom. The molecule has 1 amide bonds. The number of nitrogens with one attached hydrogen (secondary N) is 1. The van der Waals surface area contributed by atoms with Gasteiger partial charge < -0.3 is 9.64 Å². The Balaban J connectivity index is 1.35. The van der Waals surface area contributed by atoms with Gasteiger partial charge in [0.15, 0.2) is 15.6 Å². The van der Waals surface area contributed by atoms with Crippen LogP contribution in [-0.2, 0) is 0 Å². The largest absolute Gasteiger partial charge is 0.494 e. The number of amides is 1. The third-order valence-electron chi connectivity index (χ3n) is 6.06. The zero-order valence-corrected chi connectivity index (χ0v) is 22.4. The molecule has 1 saturated heterocycles. The van der Waals surface area contributed by atoms with E-state index in [2.05, 4.69) is 30.2 Å². The molecule has 0 unspecified atom stereocenters. The number of ether oxygens (including phenoxy) is 1. The summed E-state index contributed by atoms with van der Waals surface area (Å²) in [6.07, 6.45) is 0.258. The van der Waals surface area contributed by atoms with Crippen molar-refractivity contribution in [1.82, 2.24) is 29.8 Å². The number of hydrogen-bond donors (Lipinski definition) is 1. The van der Waals surface area contributed by atoms with Crippen molar-refractivity contribution in [3.63, 3.8) is 0 Å². The van der Waals surface area contributed by atoms with Gasteiger partial charge in [0.25, 0.3) is 5.91 Å². The van der Waals surface area contributed by atoms with E-state index in [1.165, 1.54) is 30.6 Å². The highest BCUT2D eigenvalue weighted by molar-refractivity contribution is 7.21. The van der Waals surface area contributed by atoms with Crippen molar-refractivity contribution in [3.05, 3.63) is 47.1 Å². The van der Waals surface area contributed by atoms with Gasteiger partial charge in [0.1, 0.15) is 16.7 Å². The fourth-order valence-corrected chi connectivity index (χ4v) is 5.17. The maximum absolute atomic E-state index is 13.3. The maximum Gasteiger partial charge on any atom is 0.401 e. The molecule has 15 heteroatoms. The highest BCUT2D eigenvalue weighted by Gasteiger charge is 2.32. The summed E-state index contributed by atoms with van der Waals surface area (Å²) >= 11 is 7.26. The van der Waals surface area contributed by atoms with E-state index < -0.39 is 18.6 Å². The Kier molecular flexibility index (Phi) is 7.51. The predicted molar refractivity (Wildman–Crippen MR) is 142 cm³/mol. The quantitative estimate of drug-likeness (QED) is 0.332. The summed E-state index contributed by atoms with van der Waals surface area (Å²) in [4.78, 5) is 38.7. The van der Waals surface area contributed by atoms with Crippen LogP contribution in [0.3, 0.4) is 0 Å². The number of hydrogen-bond acceptors (Lipinski definition) is 10. The summed E-state index contributed by atoms with van der Waals surface area (Å²) in [7, 11) is 1.50. The number of halogens is 4. The molecule has 1 N–H and O–H groups in total. The molecule has 204 valence electrons. The molecule has 5 rings (SSSR count). The van der Waals surface area contributed by atoms with Crippen LogP contribution in [0.15, 0.2) is 30.7 Å². The Morgan fingerprint density at radius 1 is 1.08 bits per heavy atom. The average Bonchev–Trinajstić information content (AvgIpc) is 3.29. The number of aryl methyl sites for hydroxylation is 1. The van der Waals surface area contributed by atoms with Gasteiger partial charge in [-0.3, -0.25) is 20.0 Å². The van der Waals surface area contributed by atoms with Crippen LogP contribution in [0.4, 0.5) is 24.1 Å². The van der Waals surface area contributed by atoms with Gasteiger partial charge in [-0.1, -0.05) is 22.9 Å². The van der Waals surface area contributed by atoms with Crippen LogP contribution >= 0.6 is 22.9 Å². The van der Waals surface area contributed by atoms with E-state index in [1.807, 2.05) is 4.90 Å². The van der Waals surface area contributed by atoms with Gasteiger partial charge in [-0.2, -0.15) is 18.2 Å². The third kappa shape index (κ3) is 6.18. The molecular weight excluding hydrogens is 557 g/mol. The zero-order valence-electron chi connectivity index (χ0n) is 20.8. The van der Waals surface area contributed by atoms with Crippen molar-refractivity contribution in [2.45, 2.75) is 13.1 Å². The Morgan fingerprint density at radius 3 is 2.56 bits per heavy atom. The number of aromatic nitrogens is 5. The van der Waals surface area contributed by atoms with Crippen molar-refractivity contribution < 1.29 is 22.7 Å². The number of alkyl halides is 3. The number of nitrogens with zero attached hydrogens (tertiary/aromatic N) is 7. The zero-order chi connectivity index (χ0) is 27.7. The van der Waals surface area contributed by atoms with Gasteiger partial charge in [0, 0.05) is 49.2 Å². The number of methoxy groups -OCH3 is 1. The number of rotatable bonds is 6. The first-order chi connectivity index (χ1) is 18.6. The fraction of sp³-hybridized carbons (Fsp3) is 0.333. The highest BCUT2D eigenvalue weighted by atomic mass is 35.5. The lowest BCUT2D eigenvalue weighted by Crippen LogP contribution is -2.49. The second-order valence-corrected chi connectivity index (χ2v) is 10.2. The van der Waals surface area contributed by atoms with Crippen LogP contribution < -0.4 is 15.0 Å². The molecule has 0 saturated carbocycles. The summed E-state index contributed by atoms with van der Waals surface area (Å²) in [6, 6.07) is 3.37. The fourth-order valence-electron chi connectivity index (χ4n) is 4.23. The van der Waals surface area contributed by atoms with Crippen LogP contribution in [0.25, 0.3) is 21.6 Å². The Bertz CT molecular complexity index is 1530. The minimum absolute atomic E-state index is 0.243. The minimum atomic E-state index is -4.23. The molecule has 1 aliphatic heterocycles. The van der Waals surface area contributed by atoms with Gasteiger partial charge >= 0.3 is 6.18 Å². The number of anilines is 2. The Labute approximate surface area is 229 Å². The van der Waals surface area contributed by atoms with Crippen molar-refractivity contribution in [1.29, 1.82) is 0 Å². The molecule has 0 radical (unpaired) electrons. The van der Waals surface area contributed by atoms with Crippen molar-refractivity contribution in [2.24, 2.45) is 0 Å². The number of thiazole rings is 1. The topological polar surface area (TPSA) is 109 Å². The lowest BCUT2D eigenvalue weighted by atomic mass is 10.0. The van der Waals surface area contributed by atoms with Crippen molar-refractivity contribution >= 4 is 50.3 Å². The highest BCUT2D eigenvalue weighted by Crippen LogP contribution is 2.34. The van der Waals surface area contributed by atoms with Crippen LogP contribution in [0, 0.1) is 6.92 Å². The lowest BCUT2D eigenvalue weighted by molar-refractivity contribution is -0.146. The molecule has 0 aliphatic carbocycles. The van der Waals surface area contributed by atoms with Gasteiger partial charge in [0.2, 0.25) is 0 Å². The molecule has 0 aromatic carbocycles. The summed E-state index contributed by atoms with van der Waals surface area (Å²) in [5, 5.41) is 3.32. The molecule has 5 heterocycles. The van der Waals surface area contributed by atoms with E-state index in [9.17, 15) is 18.0 Å². The number of carbonyl (C=O) groups is 1. The van der Waals surface area contributed by atoms with Gasteiger partial charge in [-0.05, 0) is 19.1 Å². The SMILES string of the molecule is COc1cnc(Cl)cc1-c1cc(C)ncc1C(=O)Nc1nc2ncc(N3CCN(CC(F)(F)F)CC3)nc2s1. The van der Waals surface area contributed by atoms with Gasteiger partial charge in [-0.25, -0.2) is 15.0 Å². The second-order valence-electron chi connectivity index (χ2n) is 8.79. The van der Waals surface area contributed by atoms with E-state index >= 15 is 0 Å². The standard InChI is InChI=1S/C24H22ClF3N8O2S/c1-13-7-14(15-8-18(25)30-10-17(15)38-2)16(9-29-13)21(37)34-23-33-20-22(39-23)32-19(11-31-20)36-5-3-35(4-6-36)12-24(26,27)28/h7-11H,3-6,12H2,1-2H3,(H,31,33,34,37). The second kappa shape index (κ2) is 10.9. The van der Waals surface area contributed by atoms with Crippen LogP contribution in [0.2, 0.25) is 5.15 Å². The number of piperazine rings is 1. The smallest absolute Gasteiger partial charge is 0.401 e. The number of carbonyl (C=O) groups excluding carboxylic acids is 1. The van der Waals surface area contributed by atoms with Gasteiger partial charge in [0.05, 0.1) is 31.6 Å². The van der Waals surface area contributed by atoms with Crippen molar-refractivity contribution in [3.8, 4) is 16.9 Å². The van der Waals surface area contributed by atoms with E-state index in [-0.39, 0.29) is 28.9 Å². The molecule has 0 atom stereocenters. The molecule has 0 bridgehead atoms. The normalized spacial score (nSPS) is 14.6. The molecule has 1 fully saturated rings. The Hall–Kier alpha value is -3.62. The predicted octanol–water partition coefficient (Wildman–Crippen LogP) is 4.45. The lowest BCUT2D eigenvalue weighted by Gasteiger charge is -2.35. The first kappa shape index (κ1) is 27.0. The molecule has 0 spiro atoms. The van der Waals surface area contributed by atoms with Crippen LogP contribution in [-0.4, -0.2) is 81.7 Å². The summed E-state index contributed by atoms with van der Waals surface area (Å²) in [5.41, 5.74) is 2.46. The number of pyridine rings is 2. The third-order valence-corrected chi connectivity index (χ3v) is 7.12. The van der Waals surface area contributed by atoms with Crippen molar-refractivity contribution in [2.75, 3.05) is 50.1 Å². The van der Waals surface area contributed by atoms with E-state index in [1.54, 1.807) is 19.1 Å². The maximum atomic E-state index is 13.3. The summed E-state index contributed by atoms with van der Waals surface area (Å²) < 4.78 is 43.5. The average molecular weight is 579 g/mol. The van der Waals surface area contributed by atoms with Crippen LogP contribution in [0.1, 0.15) is 16.1 Å². The molecule has 1 aliphatic rings. The first-order valence-corrected chi connectivity index (χ1v) is 12.9. The molecule has 4 aromatic heterocycles. The van der Waals surface area contributed by atoms with Crippen LogP contribution in [0.5, 0.6) is 5.75 Å². The first-order valence-electron chi connectivity index (χ1n) is 11.7. The molecule has 39 heavy (non-hydrogen) atoms. The summed E-state index contributed by atoms with van der Waals surface area (Å²) in [5.74, 6) is 0.536. The van der Waals surface area contributed by atoms with E-state index in [4.69, 9.17) is 16.3 Å². The minimum Gasteiger partial charge on any atom is -0.494 e.